The smallest absolute Gasteiger partial charge is 0.260 e. The van der Waals surface area contributed by atoms with Gasteiger partial charge in [-0.1, -0.05) is 11.8 Å². The molecule has 2 heterocycles. The Bertz CT molecular complexity index is 919. The normalized spacial score (nSPS) is 10.9. The fourth-order valence-electron chi connectivity index (χ4n) is 1.96. The number of hydrogen-bond acceptors (Lipinski definition) is 5. The van der Waals surface area contributed by atoms with Crippen LogP contribution in [0.15, 0.2) is 40.3 Å². The number of thioether (sulfide) groups is 1. The monoisotopic (exact) mass is 349 g/mol. The molecule has 2 N–H and O–H groups in total. The van der Waals surface area contributed by atoms with E-state index in [0.717, 1.165) is 16.6 Å². The van der Waals surface area contributed by atoms with Crippen molar-refractivity contribution in [2.45, 2.75) is 12.1 Å². The number of fused-ring (bicyclic) bond motifs is 1. The second-order valence-corrected chi connectivity index (χ2v) is 6.99. The number of benzene rings is 1. The largest absolute Gasteiger partial charge is 0.325 e. The van der Waals surface area contributed by atoms with Crippen LogP contribution in [0.3, 0.4) is 0 Å². The molecule has 0 aliphatic carbocycles. The van der Waals surface area contributed by atoms with E-state index in [2.05, 4.69) is 15.3 Å². The Morgan fingerprint density at radius 2 is 2.13 bits per heavy atom. The minimum Gasteiger partial charge on any atom is -0.325 e. The molecular weight excluding hydrogens is 337 g/mol. The number of H-pyrrole nitrogens is 1. The predicted octanol–water partition coefficient (Wildman–Crippen LogP) is 3.16. The first-order valence-electron chi connectivity index (χ1n) is 6.70. The number of hydrogen-bond donors (Lipinski definition) is 2. The molecule has 5 nitrogen and oxygen atoms in total. The number of nitrogens with one attached hydrogen (secondary N) is 2. The number of aromatic nitrogens is 2. The van der Waals surface area contributed by atoms with Crippen LogP contribution in [0.5, 0.6) is 0 Å². The second kappa shape index (κ2) is 6.51. The van der Waals surface area contributed by atoms with Gasteiger partial charge in [0.15, 0.2) is 5.16 Å². The van der Waals surface area contributed by atoms with Crippen LogP contribution in [0.2, 0.25) is 0 Å². The Morgan fingerprint density at radius 1 is 1.39 bits per heavy atom. The molecule has 8 heteroatoms. The van der Waals surface area contributed by atoms with Crippen LogP contribution in [0.1, 0.15) is 4.88 Å². The van der Waals surface area contributed by atoms with Crippen molar-refractivity contribution in [2.75, 3.05) is 11.1 Å². The van der Waals surface area contributed by atoms with Gasteiger partial charge in [-0.05, 0) is 37.3 Å². The van der Waals surface area contributed by atoms with E-state index in [1.54, 1.807) is 6.07 Å². The molecule has 0 aliphatic heterocycles. The van der Waals surface area contributed by atoms with Crippen molar-refractivity contribution >= 4 is 44.9 Å². The number of thiophene rings is 1. The molecule has 3 aromatic rings. The summed E-state index contributed by atoms with van der Waals surface area (Å²) in [7, 11) is 0. The van der Waals surface area contributed by atoms with Crippen molar-refractivity contribution in [2.24, 2.45) is 0 Å². The van der Waals surface area contributed by atoms with E-state index in [-0.39, 0.29) is 23.0 Å². The lowest BCUT2D eigenvalue weighted by Crippen LogP contribution is -2.15. The number of carbonyl (C=O) groups excluding carboxylic acids is 1. The van der Waals surface area contributed by atoms with Crippen LogP contribution in [0.4, 0.5) is 10.1 Å². The molecular formula is C15H12FN3O2S2. The summed E-state index contributed by atoms with van der Waals surface area (Å²) in [5.41, 5.74) is 0.309. The van der Waals surface area contributed by atoms with Crippen molar-refractivity contribution in [3.05, 3.63) is 51.4 Å². The van der Waals surface area contributed by atoms with Crippen LogP contribution in [-0.4, -0.2) is 21.6 Å². The number of aromatic amines is 1. The highest BCUT2D eigenvalue weighted by atomic mass is 32.2. The minimum atomic E-state index is -0.362. The van der Waals surface area contributed by atoms with Crippen molar-refractivity contribution in [3.63, 3.8) is 0 Å². The molecule has 0 aliphatic rings. The number of amides is 1. The summed E-state index contributed by atoms with van der Waals surface area (Å²) in [5, 5.41) is 3.62. The summed E-state index contributed by atoms with van der Waals surface area (Å²) >= 11 is 2.58. The molecule has 1 aromatic carbocycles. The summed E-state index contributed by atoms with van der Waals surface area (Å²) in [6.07, 6.45) is 0. The maximum atomic E-state index is 12.8. The third-order valence-electron chi connectivity index (χ3n) is 2.97. The predicted molar refractivity (Wildman–Crippen MR) is 90.7 cm³/mol. The molecule has 0 unspecified atom stereocenters. The Labute approximate surface area is 139 Å². The molecule has 0 atom stereocenters. The molecule has 1 amide bonds. The summed E-state index contributed by atoms with van der Waals surface area (Å²) in [6.45, 7) is 1.91. The molecule has 2 aromatic heterocycles. The summed E-state index contributed by atoms with van der Waals surface area (Å²) < 4.78 is 12.8. The Balaban J connectivity index is 1.66. The standard InChI is InChI=1S/C15H12FN3O2S2/c1-8-6-11-13(21)18-15(19-14(11)23-8)22-7-12(20)17-10-4-2-9(16)3-5-10/h2-6H,7H2,1H3,(H,17,20)(H,18,19,21). The summed E-state index contributed by atoms with van der Waals surface area (Å²) in [4.78, 5) is 32.5. The van der Waals surface area contributed by atoms with Crippen LogP contribution in [0, 0.1) is 12.7 Å². The molecule has 0 bridgehead atoms. The SMILES string of the molecule is Cc1cc2c(=O)[nH]c(SCC(=O)Nc3ccc(F)cc3)nc2s1. The van der Waals surface area contributed by atoms with Gasteiger partial charge in [0.1, 0.15) is 10.6 Å². The van der Waals surface area contributed by atoms with E-state index in [4.69, 9.17) is 0 Å². The average molecular weight is 349 g/mol. The zero-order chi connectivity index (χ0) is 16.4. The molecule has 118 valence electrons. The molecule has 0 spiro atoms. The van der Waals surface area contributed by atoms with Crippen molar-refractivity contribution in [1.82, 2.24) is 9.97 Å². The van der Waals surface area contributed by atoms with Crippen LogP contribution < -0.4 is 10.9 Å². The van der Waals surface area contributed by atoms with Gasteiger partial charge >= 0.3 is 0 Å². The highest BCUT2D eigenvalue weighted by molar-refractivity contribution is 7.99. The lowest BCUT2D eigenvalue weighted by atomic mass is 10.3. The van der Waals surface area contributed by atoms with E-state index < -0.39 is 0 Å². The average Bonchev–Trinajstić information content (AvgIpc) is 2.89. The quantitative estimate of drug-likeness (QED) is 0.560. The number of aryl methyl sites for hydroxylation is 1. The Kier molecular flexibility index (Phi) is 4.44. The number of anilines is 1. The lowest BCUT2D eigenvalue weighted by molar-refractivity contribution is -0.113. The van der Waals surface area contributed by atoms with Gasteiger partial charge in [0.05, 0.1) is 11.1 Å². The summed E-state index contributed by atoms with van der Waals surface area (Å²) in [6, 6.07) is 7.31. The van der Waals surface area contributed by atoms with E-state index in [9.17, 15) is 14.0 Å². The highest BCUT2D eigenvalue weighted by Crippen LogP contribution is 2.22. The Hall–Kier alpha value is -2.19. The number of rotatable bonds is 4. The maximum absolute atomic E-state index is 12.8. The lowest BCUT2D eigenvalue weighted by Gasteiger charge is -2.04. The molecule has 23 heavy (non-hydrogen) atoms. The third kappa shape index (κ3) is 3.77. The first-order valence-corrected chi connectivity index (χ1v) is 8.50. The topological polar surface area (TPSA) is 74.8 Å². The minimum absolute atomic E-state index is 0.0934. The number of nitrogens with zero attached hydrogens (tertiary/aromatic N) is 1. The molecule has 3 rings (SSSR count). The van der Waals surface area contributed by atoms with Gasteiger partial charge in [-0.15, -0.1) is 11.3 Å². The van der Waals surface area contributed by atoms with Crippen molar-refractivity contribution in [1.29, 1.82) is 0 Å². The van der Waals surface area contributed by atoms with Gasteiger partial charge in [-0.25, -0.2) is 9.37 Å². The number of carbonyl (C=O) groups is 1. The van der Waals surface area contributed by atoms with Gasteiger partial charge < -0.3 is 10.3 Å². The zero-order valence-electron chi connectivity index (χ0n) is 12.1. The zero-order valence-corrected chi connectivity index (χ0v) is 13.7. The van der Waals surface area contributed by atoms with Crippen molar-refractivity contribution < 1.29 is 9.18 Å². The first kappa shape index (κ1) is 15.7. The second-order valence-electron chi connectivity index (χ2n) is 4.79. The molecule has 0 fully saturated rings. The maximum Gasteiger partial charge on any atom is 0.260 e. The van der Waals surface area contributed by atoms with E-state index in [0.29, 0.717) is 21.1 Å². The summed E-state index contributed by atoms with van der Waals surface area (Å²) in [5.74, 6) is -0.527. The number of halogens is 1. The fourth-order valence-corrected chi connectivity index (χ4v) is 3.56. The van der Waals surface area contributed by atoms with Crippen molar-refractivity contribution in [3.8, 4) is 0 Å². The van der Waals surface area contributed by atoms with Gasteiger partial charge in [-0.3, -0.25) is 9.59 Å². The van der Waals surface area contributed by atoms with Gasteiger partial charge in [-0.2, -0.15) is 0 Å². The first-order chi connectivity index (χ1) is 11.0. The molecule has 0 saturated heterocycles. The van der Waals surface area contributed by atoms with Crippen LogP contribution in [-0.2, 0) is 4.79 Å². The van der Waals surface area contributed by atoms with Gasteiger partial charge in [0, 0.05) is 10.6 Å². The van der Waals surface area contributed by atoms with Crippen LogP contribution in [0.25, 0.3) is 10.2 Å². The fraction of sp³-hybridized carbons (Fsp3) is 0.133. The molecule has 0 saturated carbocycles. The van der Waals surface area contributed by atoms with Gasteiger partial charge in [0.2, 0.25) is 5.91 Å². The highest BCUT2D eigenvalue weighted by Gasteiger charge is 2.09. The molecule has 0 radical (unpaired) electrons. The van der Waals surface area contributed by atoms with Crippen LogP contribution >= 0.6 is 23.1 Å². The van der Waals surface area contributed by atoms with E-state index >= 15 is 0 Å². The van der Waals surface area contributed by atoms with Gasteiger partial charge in [0.25, 0.3) is 5.56 Å². The third-order valence-corrected chi connectivity index (χ3v) is 4.79. The van der Waals surface area contributed by atoms with E-state index in [1.807, 2.05) is 6.92 Å². The Morgan fingerprint density at radius 3 is 2.87 bits per heavy atom. The van der Waals surface area contributed by atoms with E-state index in [1.165, 1.54) is 35.6 Å².